The fourth-order valence-electron chi connectivity index (χ4n) is 3.85. The van der Waals surface area contributed by atoms with Crippen molar-refractivity contribution in [2.75, 3.05) is 19.0 Å². The quantitative estimate of drug-likeness (QED) is 0.351. The molecular weight excluding hydrogens is 520 g/mol. The Morgan fingerprint density at radius 1 is 1.00 bits per heavy atom. The summed E-state index contributed by atoms with van der Waals surface area (Å²) in [6, 6.07) is 3.07. The average molecular weight is 536 g/mol. The standard InChI is InChI=1S/C21H16BrF6N3O2/c1-30(2)16-6-3-13(22)17(29-16)14-4-5-15-18(33-19(32)31(14)15)10-7-11(20(23,24)25)9-12(8-10)21(26,27)28/h3-9,14-15,18H,1-2H3/t14-,15-,18+/m0/s1. The molecule has 2 aliphatic rings. The number of fused-ring (bicyclic) bond motifs is 1. The molecule has 1 amide bonds. The second-order valence-corrected chi connectivity index (χ2v) is 8.66. The number of pyridine rings is 1. The maximum Gasteiger partial charge on any atom is 0.416 e. The average Bonchev–Trinajstić information content (AvgIpc) is 3.28. The predicted octanol–water partition coefficient (Wildman–Crippen LogP) is 6.12. The van der Waals surface area contributed by atoms with Crippen LogP contribution in [-0.4, -0.2) is 36.1 Å². The van der Waals surface area contributed by atoms with Crippen molar-refractivity contribution in [2.24, 2.45) is 0 Å². The number of cyclic esters (lactones) is 1. The van der Waals surface area contributed by atoms with Gasteiger partial charge >= 0.3 is 18.4 Å². The SMILES string of the molecule is CN(C)c1ccc(Br)c([C@@H]2C=C[C@H]3[C@@H](c4cc(C(F)(F)F)cc(C(F)(F)F)c4)OC(=O)N23)n1. The second-order valence-electron chi connectivity index (χ2n) is 7.80. The highest BCUT2D eigenvalue weighted by atomic mass is 79.9. The van der Waals surface area contributed by atoms with E-state index in [0.29, 0.717) is 28.1 Å². The van der Waals surface area contributed by atoms with Gasteiger partial charge < -0.3 is 9.64 Å². The lowest BCUT2D eigenvalue weighted by Gasteiger charge is -2.24. The number of hydrogen-bond donors (Lipinski definition) is 0. The molecule has 0 unspecified atom stereocenters. The van der Waals surface area contributed by atoms with Gasteiger partial charge in [-0.2, -0.15) is 26.3 Å². The largest absolute Gasteiger partial charge is 0.439 e. The zero-order valence-corrected chi connectivity index (χ0v) is 18.7. The maximum absolute atomic E-state index is 13.3. The van der Waals surface area contributed by atoms with Crippen LogP contribution in [0.1, 0.15) is 34.5 Å². The van der Waals surface area contributed by atoms with Crippen molar-refractivity contribution in [2.45, 2.75) is 30.5 Å². The monoisotopic (exact) mass is 535 g/mol. The highest BCUT2D eigenvalue weighted by Crippen LogP contribution is 2.46. The van der Waals surface area contributed by atoms with E-state index >= 15 is 0 Å². The number of aromatic nitrogens is 1. The Labute approximate surface area is 192 Å². The van der Waals surface area contributed by atoms with Crippen molar-refractivity contribution in [3.05, 3.63) is 69.3 Å². The molecule has 0 spiro atoms. The fraction of sp³-hybridized carbons (Fsp3) is 0.333. The first-order valence-electron chi connectivity index (χ1n) is 9.58. The number of halogens is 7. The van der Waals surface area contributed by atoms with E-state index in [9.17, 15) is 31.1 Å². The first-order chi connectivity index (χ1) is 15.3. The Bertz CT molecular complexity index is 1100. The van der Waals surface area contributed by atoms with Gasteiger partial charge in [0.25, 0.3) is 0 Å². The van der Waals surface area contributed by atoms with Crippen LogP contribution in [0, 0.1) is 0 Å². The Morgan fingerprint density at radius 3 is 2.15 bits per heavy atom. The molecule has 0 aliphatic carbocycles. The van der Waals surface area contributed by atoms with E-state index in [0.717, 1.165) is 0 Å². The third-order valence-corrected chi connectivity index (χ3v) is 6.07. The van der Waals surface area contributed by atoms with Crippen molar-refractivity contribution < 1.29 is 35.9 Å². The minimum Gasteiger partial charge on any atom is -0.439 e. The molecule has 1 aromatic carbocycles. The molecule has 2 aromatic rings. The highest BCUT2D eigenvalue weighted by Gasteiger charge is 2.49. The van der Waals surface area contributed by atoms with Gasteiger partial charge in [-0.25, -0.2) is 9.78 Å². The molecular formula is C21H16BrF6N3O2. The number of hydrogen-bond acceptors (Lipinski definition) is 4. The van der Waals surface area contributed by atoms with Gasteiger partial charge in [0.15, 0.2) is 6.10 Å². The summed E-state index contributed by atoms with van der Waals surface area (Å²) in [7, 11) is 3.55. The van der Waals surface area contributed by atoms with Crippen molar-refractivity contribution >= 4 is 27.8 Å². The fourth-order valence-corrected chi connectivity index (χ4v) is 4.30. The normalized spacial score (nSPS) is 22.5. The van der Waals surface area contributed by atoms with Gasteiger partial charge in [0.2, 0.25) is 0 Å². The Hall–Kier alpha value is -2.76. The van der Waals surface area contributed by atoms with E-state index in [-0.39, 0.29) is 6.07 Å². The molecule has 12 heteroatoms. The minimum absolute atomic E-state index is 0.0408. The van der Waals surface area contributed by atoms with Crippen LogP contribution in [0.5, 0.6) is 0 Å². The van der Waals surface area contributed by atoms with Crippen LogP contribution in [0.2, 0.25) is 0 Å². The second kappa shape index (κ2) is 7.93. The van der Waals surface area contributed by atoms with Gasteiger partial charge in [0.05, 0.1) is 28.9 Å². The molecule has 2 aliphatic heterocycles. The van der Waals surface area contributed by atoms with E-state index < -0.39 is 53.3 Å². The number of rotatable bonds is 3. The molecule has 5 nitrogen and oxygen atoms in total. The molecule has 1 saturated heterocycles. The number of amides is 1. The maximum atomic E-state index is 13.3. The van der Waals surface area contributed by atoms with Gasteiger partial charge in [-0.1, -0.05) is 12.2 Å². The van der Waals surface area contributed by atoms with Gasteiger partial charge in [-0.15, -0.1) is 0 Å². The van der Waals surface area contributed by atoms with E-state index in [2.05, 4.69) is 20.9 Å². The molecule has 33 heavy (non-hydrogen) atoms. The summed E-state index contributed by atoms with van der Waals surface area (Å²) < 4.78 is 85.5. The van der Waals surface area contributed by atoms with Crippen LogP contribution in [0.15, 0.2) is 47.0 Å². The van der Waals surface area contributed by atoms with Crippen molar-refractivity contribution in [1.82, 2.24) is 9.88 Å². The Kier molecular flexibility index (Phi) is 5.62. The number of carbonyl (C=O) groups is 1. The first kappa shape index (κ1) is 23.4. The number of nitrogens with zero attached hydrogens (tertiary/aromatic N) is 3. The molecule has 0 saturated carbocycles. The topological polar surface area (TPSA) is 45.7 Å². The summed E-state index contributed by atoms with van der Waals surface area (Å²) in [6.45, 7) is 0. The number of alkyl halides is 6. The van der Waals surface area contributed by atoms with Crippen LogP contribution in [0.25, 0.3) is 0 Å². The number of carbonyl (C=O) groups excluding carboxylic acids is 1. The molecule has 0 radical (unpaired) electrons. The number of anilines is 1. The third-order valence-electron chi connectivity index (χ3n) is 5.40. The molecule has 0 bridgehead atoms. The molecule has 176 valence electrons. The summed E-state index contributed by atoms with van der Waals surface area (Å²) in [5, 5.41) is 0. The Morgan fingerprint density at radius 2 is 1.61 bits per heavy atom. The van der Waals surface area contributed by atoms with Crippen molar-refractivity contribution in [3.63, 3.8) is 0 Å². The van der Waals surface area contributed by atoms with Gasteiger partial charge in [0, 0.05) is 18.6 Å². The van der Waals surface area contributed by atoms with Gasteiger partial charge in [0.1, 0.15) is 5.82 Å². The Balaban J connectivity index is 1.73. The summed E-state index contributed by atoms with van der Waals surface area (Å²) in [5.74, 6) is 0.599. The van der Waals surface area contributed by atoms with Gasteiger partial charge in [-0.05, 0) is 51.8 Å². The van der Waals surface area contributed by atoms with Crippen molar-refractivity contribution in [3.8, 4) is 0 Å². The van der Waals surface area contributed by atoms with Crippen LogP contribution < -0.4 is 4.90 Å². The first-order valence-corrected chi connectivity index (χ1v) is 10.4. The van der Waals surface area contributed by atoms with Crippen LogP contribution >= 0.6 is 15.9 Å². The molecule has 0 N–H and O–H groups in total. The molecule has 1 aromatic heterocycles. The minimum atomic E-state index is -5.01. The van der Waals surface area contributed by atoms with Crippen LogP contribution in [0.4, 0.5) is 37.0 Å². The summed E-state index contributed by atoms with van der Waals surface area (Å²) in [5.41, 5.74) is -2.87. The van der Waals surface area contributed by atoms with E-state index in [1.165, 1.54) is 11.0 Å². The molecule has 3 heterocycles. The summed E-state index contributed by atoms with van der Waals surface area (Å²) >= 11 is 3.39. The molecule has 4 rings (SSSR count). The lowest BCUT2D eigenvalue weighted by molar-refractivity contribution is -0.143. The third kappa shape index (κ3) is 4.28. The smallest absolute Gasteiger partial charge is 0.416 e. The molecule has 3 atom stereocenters. The highest BCUT2D eigenvalue weighted by molar-refractivity contribution is 9.10. The number of benzene rings is 1. The predicted molar refractivity (Wildman–Crippen MR) is 109 cm³/mol. The van der Waals surface area contributed by atoms with E-state index in [4.69, 9.17) is 4.74 Å². The van der Waals surface area contributed by atoms with E-state index in [1.807, 2.05) is 0 Å². The zero-order chi connectivity index (χ0) is 24.3. The molecule has 1 fully saturated rings. The van der Waals surface area contributed by atoms with Crippen LogP contribution in [0.3, 0.4) is 0 Å². The summed E-state index contributed by atoms with van der Waals surface area (Å²) in [6.07, 6.45) is -9.07. The summed E-state index contributed by atoms with van der Waals surface area (Å²) in [4.78, 5) is 20.2. The number of ether oxygens (including phenoxy) is 1. The van der Waals surface area contributed by atoms with Crippen LogP contribution in [-0.2, 0) is 17.1 Å². The lowest BCUT2D eigenvalue weighted by atomic mass is 9.97. The van der Waals surface area contributed by atoms with Crippen molar-refractivity contribution in [1.29, 1.82) is 0 Å². The lowest BCUT2D eigenvalue weighted by Crippen LogP contribution is -2.32. The van der Waals surface area contributed by atoms with Gasteiger partial charge in [-0.3, -0.25) is 4.90 Å². The van der Waals surface area contributed by atoms with E-state index in [1.54, 1.807) is 37.2 Å². The zero-order valence-electron chi connectivity index (χ0n) is 17.1.